The molecule has 0 spiro atoms. The number of fused-ring (bicyclic) bond motifs is 1. The van der Waals surface area contributed by atoms with Crippen LogP contribution in [0.25, 0.3) is 10.9 Å². The number of halogens is 1. The van der Waals surface area contributed by atoms with Crippen molar-refractivity contribution in [3.63, 3.8) is 0 Å². The molecule has 0 unspecified atom stereocenters. The summed E-state index contributed by atoms with van der Waals surface area (Å²) in [5.74, 6) is 0.631. The third-order valence-electron chi connectivity index (χ3n) is 3.54. The molecule has 4 heteroatoms. The van der Waals surface area contributed by atoms with E-state index in [-0.39, 0.29) is 5.75 Å². The second kappa shape index (κ2) is 5.70. The first-order chi connectivity index (χ1) is 10.2. The average Bonchev–Trinajstić information content (AvgIpc) is 2.85. The molecule has 0 aliphatic carbocycles. The number of phenolic OH excluding ortho intramolecular Hbond substituents is 1. The zero-order valence-electron chi connectivity index (χ0n) is 11.7. The summed E-state index contributed by atoms with van der Waals surface area (Å²) in [5, 5.41) is 11.5. The number of phenols is 1. The van der Waals surface area contributed by atoms with Crippen LogP contribution in [0.3, 0.4) is 0 Å². The van der Waals surface area contributed by atoms with Crippen LogP contribution in [0, 0.1) is 0 Å². The van der Waals surface area contributed by atoms with Crippen molar-refractivity contribution in [3.8, 4) is 11.5 Å². The molecule has 0 aliphatic heterocycles. The second-order valence-corrected chi connectivity index (χ2v) is 5.22. The first kappa shape index (κ1) is 13.8. The van der Waals surface area contributed by atoms with Gasteiger partial charge < -0.3 is 14.4 Å². The largest absolute Gasteiger partial charge is 0.504 e. The Morgan fingerprint density at radius 3 is 2.71 bits per heavy atom. The van der Waals surface area contributed by atoms with Gasteiger partial charge in [0.15, 0.2) is 11.5 Å². The molecule has 0 saturated heterocycles. The number of para-hydroxylation sites is 2. The Hall–Kier alpha value is -2.13. The zero-order chi connectivity index (χ0) is 14.8. The molecule has 1 aromatic heterocycles. The van der Waals surface area contributed by atoms with Gasteiger partial charge in [-0.3, -0.25) is 0 Å². The van der Waals surface area contributed by atoms with E-state index in [1.807, 2.05) is 30.3 Å². The number of hydrogen-bond acceptors (Lipinski definition) is 2. The molecule has 1 heterocycles. The summed E-state index contributed by atoms with van der Waals surface area (Å²) in [6.45, 7) is 3.31. The van der Waals surface area contributed by atoms with Crippen LogP contribution in [0.5, 0.6) is 11.5 Å². The lowest BCUT2D eigenvalue weighted by molar-refractivity contribution is 0.280. The maximum atomic E-state index is 9.75. The van der Waals surface area contributed by atoms with Gasteiger partial charge in [-0.2, -0.15) is 0 Å². The summed E-state index contributed by atoms with van der Waals surface area (Å²) < 4.78 is 7.89. The van der Waals surface area contributed by atoms with Crippen LogP contribution in [-0.4, -0.2) is 9.67 Å². The predicted octanol–water partition coefficient (Wildman–Crippen LogP) is 4.60. The fourth-order valence-corrected chi connectivity index (χ4v) is 2.75. The van der Waals surface area contributed by atoms with Gasteiger partial charge in [-0.1, -0.05) is 29.8 Å². The Kier molecular flexibility index (Phi) is 3.76. The highest BCUT2D eigenvalue weighted by atomic mass is 35.5. The maximum Gasteiger partial charge on any atom is 0.161 e. The fourth-order valence-electron chi connectivity index (χ4n) is 2.53. The van der Waals surface area contributed by atoms with Gasteiger partial charge in [0.1, 0.15) is 6.61 Å². The molecule has 2 aromatic carbocycles. The fraction of sp³-hybridized carbons (Fsp3) is 0.176. The number of nitrogens with zero attached hydrogens (tertiary/aromatic N) is 1. The van der Waals surface area contributed by atoms with Gasteiger partial charge in [0, 0.05) is 22.5 Å². The summed E-state index contributed by atoms with van der Waals surface area (Å²) in [5.41, 5.74) is 2.13. The van der Waals surface area contributed by atoms with Crippen LogP contribution in [0.1, 0.15) is 12.6 Å². The molecule has 0 bridgehead atoms. The molecule has 0 atom stereocenters. The summed E-state index contributed by atoms with van der Waals surface area (Å²) in [6.07, 6.45) is 0. The Balaban J connectivity index is 1.94. The number of aryl methyl sites for hydroxylation is 1. The normalized spacial score (nSPS) is 11.0. The van der Waals surface area contributed by atoms with Crippen molar-refractivity contribution in [1.29, 1.82) is 0 Å². The molecule has 0 aliphatic rings. The molecule has 3 aromatic rings. The van der Waals surface area contributed by atoms with Crippen LogP contribution in [0.15, 0.2) is 48.5 Å². The Bertz CT molecular complexity index is 780. The quantitative estimate of drug-likeness (QED) is 0.764. The third kappa shape index (κ3) is 2.57. The van der Waals surface area contributed by atoms with Crippen molar-refractivity contribution >= 4 is 22.5 Å². The van der Waals surface area contributed by atoms with Crippen LogP contribution in [0.4, 0.5) is 0 Å². The number of aromatic hydroxyl groups is 1. The van der Waals surface area contributed by atoms with Crippen LogP contribution < -0.4 is 4.74 Å². The molecule has 3 rings (SSSR count). The third-order valence-corrected chi connectivity index (χ3v) is 3.86. The van der Waals surface area contributed by atoms with E-state index in [0.717, 1.165) is 28.2 Å². The van der Waals surface area contributed by atoms with E-state index in [0.29, 0.717) is 12.4 Å². The minimum atomic E-state index is 0.148. The van der Waals surface area contributed by atoms with E-state index < -0.39 is 0 Å². The van der Waals surface area contributed by atoms with Gasteiger partial charge in [0.2, 0.25) is 0 Å². The number of aromatic nitrogens is 1. The summed E-state index contributed by atoms with van der Waals surface area (Å²) in [6, 6.07) is 14.9. The molecule has 1 N–H and O–H groups in total. The summed E-state index contributed by atoms with van der Waals surface area (Å²) in [4.78, 5) is 0. The van der Waals surface area contributed by atoms with E-state index in [2.05, 4.69) is 11.5 Å². The first-order valence-electron chi connectivity index (χ1n) is 6.88. The van der Waals surface area contributed by atoms with Gasteiger partial charge in [-0.15, -0.1) is 0 Å². The molecule has 0 saturated carbocycles. The van der Waals surface area contributed by atoms with Crippen molar-refractivity contribution in [2.24, 2.45) is 0 Å². The van der Waals surface area contributed by atoms with Gasteiger partial charge >= 0.3 is 0 Å². The lowest BCUT2D eigenvalue weighted by atomic mass is 10.2. The minimum Gasteiger partial charge on any atom is -0.504 e. The second-order valence-electron chi connectivity index (χ2n) is 4.81. The van der Waals surface area contributed by atoms with Gasteiger partial charge in [0.25, 0.3) is 0 Å². The van der Waals surface area contributed by atoms with E-state index in [1.54, 1.807) is 18.2 Å². The maximum absolute atomic E-state index is 9.75. The van der Waals surface area contributed by atoms with Gasteiger partial charge in [0.05, 0.1) is 5.69 Å². The monoisotopic (exact) mass is 301 g/mol. The predicted molar refractivity (Wildman–Crippen MR) is 85.1 cm³/mol. The van der Waals surface area contributed by atoms with Crippen molar-refractivity contribution in [2.45, 2.75) is 20.1 Å². The number of hydrogen-bond donors (Lipinski definition) is 1. The summed E-state index contributed by atoms with van der Waals surface area (Å²) >= 11 is 6.25. The molecule has 0 fully saturated rings. The number of benzene rings is 2. The standard InChI is InChI=1S/C17H16ClNO2/c1-2-19-12(10-13-14(18)6-5-7-15(13)19)11-21-17-9-4-3-8-16(17)20/h3-10,20H,2,11H2,1H3. The Morgan fingerprint density at radius 2 is 1.95 bits per heavy atom. The van der Waals surface area contributed by atoms with Crippen molar-refractivity contribution in [1.82, 2.24) is 4.57 Å². The highest BCUT2D eigenvalue weighted by molar-refractivity contribution is 6.35. The molecular weight excluding hydrogens is 286 g/mol. The van der Waals surface area contributed by atoms with Crippen molar-refractivity contribution in [3.05, 3.63) is 59.2 Å². The molecule has 0 radical (unpaired) electrons. The Morgan fingerprint density at radius 1 is 1.14 bits per heavy atom. The molecule has 3 nitrogen and oxygen atoms in total. The smallest absolute Gasteiger partial charge is 0.161 e. The van der Waals surface area contributed by atoms with E-state index in [4.69, 9.17) is 16.3 Å². The molecule has 108 valence electrons. The highest BCUT2D eigenvalue weighted by Gasteiger charge is 2.11. The molecule has 21 heavy (non-hydrogen) atoms. The van der Waals surface area contributed by atoms with Crippen LogP contribution in [0.2, 0.25) is 5.02 Å². The van der Waals surface area contributed by atoms with Crippen LogP contribution >= 0.6 is 11.6 Å². The zero-order valence-corrected chi connectivity index (χ0v) is 12.5. The first-order valence-corrected chi connectivity index (χ1v) is 7.26. The van der Waals surface area contributed by atoms with E-state index in [1.165, 1.54) is 0 Å². The number of rotatable bonds is 4. The van der Waals surface area contributed by atoms with Gasteiger partial charge in [-0.25, -0.2) is 0 Å². The van der Waals surface area contributed by atoms with E-state index in [9.17, 15) is 5.11 Å². The van der Waals surface area contributed by atoms with Crippen molar-refractivity contribution in [2.75, 3.05) is 0 Å². The van der Waals surface area contributed by atoms with Crippen molar-refractivity contribution < 1.29 is 9.84 Å². The van der Waals surface area contributed by atoms with E-state index >= 15 is 0 Å². The Labute approximate surface area is 128 Å². The highest BCUT2D eigenvalue weighted by Crippen LogP contribution is 2.29. The van der Waals surface area contributed by atoms with Crippen LogP contribution in [-0.2, 0) is 13.2 Å². The lowest BCUT2D eigenvalue weighted by Crippen LogP contribution is -2.04. The summed E-state index contributed by atoms with van der Waals surface area (Å²) in [7, 11) is 0. The SMILES string of the molecule is CCn1c(COc2ccccc2O)cc2c(Cl)cccc21. The minimum absolute atomic E-state index is 0.148. The average molecular weight is 302 g/mol. The molecular formula is C17H16ClNO2. The number of ether oxygens (including phenoxy) is 1. The topological polar surface area (TPSA) is 34.4 Å². The lowest BCUT2D eigenvalue weighted by Gasteiger charge is -2.10. The van der Waals surface area contributed by atoms with Gasteiger partial charge in [-0.05, 0) is 37.3 Å². The molecule has 0 amide bonds.